The van der Waals surface area contributed by atoms with Crippen molar-refractivity contribution < 1.29 is 0 Å². The third kappa shape index (κ3) is 3.44. The Kier molecular flexibility index (Phi) is 4.23. The van der Waals surface area contributed by atoms with Crippen LogP contribution >= 0.6 is 34.8 Å². The molecule has 1 N–H and O–H groups in total. The normalized spacial score (nSPS) is 24.7. The van der Waals surface area contributed by atoms with Crippen LogP contribution in [0.15, 0.2) is 18.2 Å². The number of alkyl halides is 1. The maximum atomic E-state index is 6.07. The lowest BCUT2D eigenvalue weighted by molar-refractivity contribution is 0.580. The maximum Gasteiger partial charge on any atom is 0.0441 e. The Bertz CT molecular complexity index is 347. The zero-order valence-corrected chi connectivity index (χ0v) is 11.1. The molecule has 0 radical (unpaired) electrons. The smallest absolute Gasteiger partial charge is 0.0441 e. The Hall–Kier alpha value is -0.110. The van der Waals surface area contributed by atoms with E-state index in [1.807, 2.05) is 12.1 Å². The number of nitrogens with one attached hydrogen (secondary N) is 1. The predicted molar refractivity (Wildman–Crippen MR) is 71.9 cm³/mol. The monoisotopic (exact) mass is 277 g/mol. The van der Waals surface area contributed by atoms with Crippen molar-refractivity contribution in [3.63, 3.8) is 0 Å². The third-order valence-electron chi connectivity index (χ3n) is 2.93. The van der Waals surface area contributed by atoms with E-state index in [9.17, 15) is 0 Å². The minimum absolute atomic E-state index is 0.356. The van der Waals surface area contributed by atoms with Crippen molar-refractivity contribution in [3.8, 4) is 0 Å². The van der Waals surface area contributed by atoms with Gasteiger partial charge < -0.3 is 5.32 Å². The second-order valence-corrected chi connectivity index (χ2v) is 5.81. The first-order chi connectivity index (χ1) is 7.63. The van der Waals surface area contributed by atoms with Gasteiger partial charge in [-0.3, -0.25) is 0 Å². The van der Waals surface area contributed by atoms with Gasteiger partial charge in [-0.25, -0.2) is 0 Å². The largest absolute Gasteiger partial charge is 0.385 e. The average Bonchev–Trinajstić information content (AvgIpc) is 2.60. The van der Waals surface area contributed by atoms with Gasteiger partial charge in [0.25, 0.3) is 0 Å². The molecule has 1 aromatic rings. The Morgan fingerprint density at radius 3 is 2.38 bits per heavy atom. The molecule has 0 aliphatic heterocycles. The molecule has 16 heavy (non-hydrogen) atoms. The first kappa shape index (κ1) is 12.3. The van der Waals surface area contributed by atoms with Crippen LogP contribution in [0.5, 0.6) is 0 Å². The van der Waals surface area contributed by atoms with E-state index in [1.54, 1.807) is 6.07 Å². The lowest BCUT2D eigenvalue weighted by atomic mass is 10.1. The van der Waals surface area contributed by atoms with Gasteiger partial charge in [-0.2, -0.15) is 0 Å². The van der Waals surface area contributed by atoms with Crippen molar-refractivity contribution in [1.82, 2.24) is 0 Å². The van der Waals surface area contributed by atoms with E-state index in [-0.39, 0.29) is 0 Å². The van der Waals surface area contributed by atoms with Gasteiger partial charge in [0.2, 0.25) is 0 Å². The van der Waals surface area contributed by atoms with Crippen LogP contribution < -0.4 is 5.32 Å². The van der Waals surface area contributed by atoms with Crippen molar-refractivity contribution >= 4 is 40.5 Å². The standard InChI is InChI=1S/C12H14Cl3N/c13-9-2-1-8(3-9)7-16-12-5-10(14)4-11(15)6-12/h4-6,8-9,16H,1-3,7H2/t8-,9?/m0/s1. The van der Waals surface area contributed by atoms with Gasteiger partial charge in [0.1, 0.15) is 0 Å². The van der Waals surface area contributed by atoms with Gasteiger partial charge in [0.15, 0.2) is 0 Å². The van der Waals surface area contributed by atoms with Crippen molar-refractivity contribution in [3.05, 3.63) is 28.2 Å². The fraction of sp³-hybridized carbons (Fsp3) is 0.500. The Balaban J connectivity index is 1.89. The summed E-state index contributed by atoms with van der Waals surface area (Å²) in [7, 11) is 0. The Morgan fingerprint density at radius 2 is 1.81 bits per heavy atom. The molecule has 1 nitrogen and oxygen atoms in total. The number of anilines is 1. The van der Waals surface area contributed by atoms with Crippen LogP contribution in [0.2, 0.25) is 10.0 Å². The van der Waals surface area contributed by atoms with Crippen LogP contribution in [-0.4, -0.2) is 11.9 Å². The zero-order chi connectivity index (χ0) is 11.5. The van der Waals surface area contributed by atoms with Crippen LogP contribution in [0.4, 0.5) is 5.69 Å². The molecule has 1 aliphatic rings. The fourth-order valence-corrected chi connectivity index (χ4v) is 3.02. The highest BCUT2D eigenvalue weighted by Gasteiger charge is 2.22. The van der Waals surface area contributed by atoms with Gasteiger partial charge in [-0.05, 0) is 43.4 Å². The molecule has 4 heteroatoms. The van der Waals surface area contributed by atoms with Gasteiger partial charge in [0, 0.05) is 27.7 Å². The molecule has 0 amide bonds. The number of halogens is 3. The molecular formula is C12H14Cl3N. The average molecular weight is 279 g/mol. The SMILES string of the molecule is Clc1cc(Cl)cc(NC[C@H]2CCC(Cl)C2)c1. The van der Waals surface area contributed by atoms with E-state index in [2.05, 4.69) is 5.32 Å². The van der Waals surface area contributed by atoms with Crippen LogP contribution in [-0.2, 0) is 0 Å². The summed E-state index contributed by atoms with van der Waals surface area (Å²) in [5, 5.41) is 5.04. The lowest BCUT2D eigenvalue weighted by Crippen LogP contribution is -2.11. The quantitative estimate of drug-likeness (QED) is 0.782. The summed E-state index contributed by atoms with van der Waals surface area (Å²) in [4.78, 5) is 0. The molecule has 0 saturated heterocycles. The highest BCUT2D eigenvalue weighted by atomic mass is 35.5. The van der Waals surface area contributed by atoms with Crippen LogP contribution in [0.25, 0.3) is 0 Å². The minimum Gasteiger partial charge on any atom is -0.385 e. The van der Waals surface area contributed by atoms with Crippen molar-refractivity contribution in [2.45, 2.75) is 24.6 Å². The van der Waals surface area contributed by atoms with E-state index in [4.69, 9.17) is 34.8 Å². The summed E-state index contributed by atoms with van der Waals surface area (Å²) < 4.78 is 0. The summed E-state index contributed by atoms with van der Waals surface area (Å²) in [6.45, 7) is 0.944. The molecule has 0 spiro atoms. The second kappa shape index (κ2) is 5.48. The topological polar surface area (TPSA) is 12.0 Å². The van der Waals surface area contributed by atoms with Gasteiger partial charge >= 0.3 is 0 Å². The number of rotatable bonds is 3. The molecule has 1 aromatic carbocycles. The summed E-state index contributed by atoms with van der Waals surface area (Å²) in [5.41, 5.74) is 0.982. The molecule has 0 bridgehead atoms. The van der Waals surface area contributed by atoms with Crippen LogP contribution in [0.1, 0.15) is 19.3 Å². The fourth-order valence-electron chi connectivity index (χ4n) is 2.12. The van der Waals surface area contributed by atoms with E-state index in [1.165, 1.54) is 6.42 Å². The van der Waals surface area contributed by atoms with Crippen LogP contribution in [0.3, 0.4) is 0 Å². The highest BCUT2D eigenvalue weighted by molar-refractivity contribution is 6.35. The molecule has 1 aliphatic carbocycles. The first-order valence-corrected chi connectivity index (χ1v) is 6.67. The van der Waals surface area contributed by atoms with E-state index in [0.29, 0.717) is 21.3 Å². The second-order valence-electron chi connectivity index (χ2n) is 4.32. The summed E-state index contributed by atoms with van der Waals surface area (Å²) >= 11 is 17.9. The van der Waals surface area contributed by atoms with Gasteiger partial charge in [0.05, 0.1) is 0 Å². The Labute approximate surface area is 111 Å². The Morgan fingerprint density at radius 1 is 1.12 bits per heavy atom. The highest BCUT2D eigenvalue weighted by Crippen LogP contribution is 2.30. The summed E-state index contributed by atoms with van der Waals surface area (Å²) in [6, 6.07) is 5.51. The molecular weight excluding hydrogens is 264 g/mol. The van der Waals surface area contributed by atoms with Crippen molar-refractivity contribution in [2.24, 2.45) is 5.92 Å². The summed E-state index contributed by atoms with van der Waals surface area (Å²) in [6.07, 6.45) is 3.43. The maximum absolute atomic E-state index is 6.07. The molecule has 88 valence electrons. The third-order valence-corrected chi connectivity index (χ3v) is 3.77. The van der Waals surface area contributed by atoms with Crippen LogP contribution in [0, 0.1) is 5.92 Å². The lowest BCUT2D eigenvalue weighted by Gasteiger charge is -2.12. The number of benzene rings is 1. The van der Waals surface area contributed by atoms with Gasteiger partial charge in [-0.15, -0.1) is 11.6 Å². The number of hydrogen-bond donors (Lipinski definition) is 1. The predicted octanol–water partition coefficient (Wildman–Crippen LogP) is 4.81. The molecule has 2 atom stereocenters. The van der Waals surface area contributed by atoms with E-state index >= 15 is 0 Å². The molecule has 2 rings (SSSR count). The van der Waals surface area contributed by atoms with E-state index in [0.717, 1.165) is 25.1 Å². The minimum atomic E-state index is 0.356. The van der Waals surface area contributed by atoms with Crippen molar-refractivity contribution in [2.75, 3.05) is 11.9 Å². The molecule has 1 fully saturated rings. The molecule has 0 heterocycles. The summed E-state index contributed by atoms with van der Waals surface area (Å²) in [5.74, 6) is 0.667. The number of hydrogen-bond acceptors (Lipinski definition) is 1. The molecule has 0 aromatic heterocycles. The zero-order valence-electron chi connectivity index (χ0n) is 8.85. The molecule has 1 saturated carbocycles. The van der Waals surface area contributed by atoms with Gasteiger partial charge in [-0.1, -0.05) is 23.2 Å². The molecule has 1 unspecified atom stereocenters. The first-order valence-electron chi connectivity index (χ1n) is 5.47. The van der Waals surface area contributed by atoms with E-state index < -0.39 is 0 Å². The van der Waals surface area contributed by atoms with Crippen molar-refractivity contribution in [1.29, 1.82) is 0 Å².